The highest BCUT2D eigenvalue weighted by molar-refractivity contribution is 7.13. The summed E-state index contributed by atoms with van der Waals surface area (Å²) in [6, 6.07) is 6.99. The monoisotopic (exact) mass is 207 g/mol. The van der Waals surface area contributed by atoms with E-state index in [2.05, 4.69) is 4.98 Å². The number of thiazole rings is 1. The van der Waals surface area contributed by atoms with Crippen LogP contribution in [0.15, 0.2) is 30.5 Å². The van der Waals surface area contributed by atoms with Crippen LogP contribution in [0.4, 0.5) is 4.39 Å². The number of aldehydes is 1. The summed E-state index contributed by atoms with van der Waals surface area (Å²) in [6.45, 7) is 0. The van der Waals surface area contributed by atoms with Gasteiger partial charge in [0.1, 0.15) is 5.01 Å². The van der Waals surface area contributed by atoms with Gasteiger partial charge in [0.15, 0.2) is 11.4 Å². The van der Waals surface area contributed by atoms with E-state index in [0.717, 1.165) is 23.8 Å². The summed E-state index contributed by atoms with van der Waals surface area (Å²) in [5, 5.41) is 0.186. The zero-order valence-electron chi connectivity index (χ0n) is 7.11. The Morgan fingerprint density at radius 2 is 2.14 bits per heavy atom. The molecular formula is C10H6FNOS. The maximum absolute atomic E-state index is 12.7. The summed E-state index contributed by atoms with van der Waals surface area (Å²) in [5.74, 6) is 0. The van der Waals surface area contributed by atoms with E-state index in [0.29, 0.717) is 16.1 Å². The number of hydrogen-bond donors (Lipinski definition) is 0. The second-order valence-corrected chi connectivity index (χ2v) is 3.66. The van der Waals surface area contributed by atoms with Gasteiger partial charge in [-0.15, -0.1) is 0 Å². The van der Waals surface area contributed by atoms with Gasteiger partial charge in [-0.1, -0.05) is 35.6 Å². The first-order valence-electron chi connectivity index (χ1n) is 3.97. The van der Waals surface area contributed by atoms with Gasteiger partial charge in [-0.3, -0.25) is 4.79 Å². The molecule has 14 heavy (non-hydrogen) atoms. The van der Waals surface area contributed by atoms with Crippen LogP contribution in [0.1, 0.15) is 10.4 Å². The quantitative estimate of drug-likeness (QED) is 0.709. The van der Waals surface area contributed by atoms with Gasteiger partial charge in [0.05, 0.1) is 6.20 Å². The number of nitrogens with zero attached hydrogens (tertiary/aromatic N) is 1. The molecule has 2 nitrogen and oxygen atoms in total. The van der Waals surface area contributed by atoms with Crippen LogP contribution in [0.2, 0.25) is 0 Å². The normalized spacial score (nSPS) is 10.1. The Kier molecular flexibility index (Phi) is 2.37. The van der Waals surface area contributed by atoms with E-state index >= 15 is 0 Å². The van der Waals surface area contributed by atoms with Crippen molar-refractivity contribution in [3.8, 4) is 10.6 Å². The van der Waals surface area contributed by atoms with Gasteiger partial charge in [-0.05, 0) is 0 Å². The second-order valence-electron chi connectivity index (χ2n) is 2.67. The van der Waals surface area contributed by atoms with Crippen molar-refractivity contribution in [1.82, 2.24) is 4.98 Å². The van der Waals surface area contributed by atoms with Crippen LogP contribution in [0.25, 0.3) is 10.6 Å². The molecule has 0 aliphatic heterocycles. The molecule has 0 N–H and O–H groups in total. The predicted octanol–water partition coefficient (Wildman–Crippen LogP) is 2.76. The summed E-state index contributed by atoms with van der Waals surface area (Å²) in [4.78, 5) is 14.6. The Morgan fingerprint density at radius 1 is 1.36 bits per heavy atom. The van der Waals surface area contributed by atoms with E-state index in [-0.39, 0.29) is 5.13 Å². The maximum Gasteiger partial charge on any atom is 0.196 e. The summed E-state index contributed by atoms with van der Waals surface area (Å²) >= 11 is 0.934. The molecule has 0 aliphatic carbocycles. The molecular weight excluding hydrogens is 201 g/mol. The lowest BCUT2D eigenvalue weighted by Crippen LogP contribution is -1.85. The van der Waals surface area contributed by atoms with Crippen molar-refractivity contribution in [2.75, 3.05) is 0 Å². The van der Waals surface area contributed by atoms with E-state index in [1.807, 2.05) is 0 Å². The molecule has 1 heterocycles. The Morgan fingerprint density at radius 3 is 2.79 bits per heavy atom. The highest BCUT2D eigenvalue weighted by Gasteiger charge is 2.07. The molecule has 0 amide bonds. The summed E-state index contributed by atoms with van der Waals surface area (Å²) in [5.41, 5.74) is 1.21. The molecule has 70 valence electrons. The van der Waals surface area contributed by atoms with Gasteiger partial charge in [0, 0.05) is 11.1 Å². The molecule has 0 spiro atoms. The molecule has 1 aromatic heterocycles. The SMILES string of the molecule is O=Cc1ccccc1-c1ncc(F)s1. The van der Waals surface area contributed by atoms with Crippen molar-refractivity contribution in [3.63, 3.8) is 0 Å². The van der Waals surface area contributed by atoms with Gasteiger partial charge >= 0.3 is 0 Å². The lowest BCUT2D eigenvalue weighted by atomic mass is 10.1. The fraction of sp³-hybridized carbons (Fsp3) is 0. The predicted molar refractivity (Wildman–Crippen MR) is 52.9 cm³/mol. The zero-order valence-corrected chi connectivity index (χ0v) is 7.92. The molecule has 0 saturated carbocycles. The molecule has 0 aliphatic rings. The summed E-state index contributed by atoms with van der Waals surface area (Å²) < 4.78 is 12.7. The fourth-order valence-electron chi connectivity index (χ4n) is 1.17. The van der Waals surface area contributed by atoms with Gasteiger partial charge in [0.2, 0.25) is 0 Å². The van der Waals surface area contributed by atoms with Gasteiger partial charge < -0.3 is 0 Å². The molecule has 0 radical (unpaired) electrons. The van der Waals surface area contributed by atoms with Crippen molar-refractivity contribution in [2.45, 2.75) is 0 Å². The van der Waals surface area contributed by atoms with Crippen molar-refractivity contribution < 1.29 is 9.18 Å². The van der Waals surface area contributed by atoms with E-state index < -0.39 is 0 Å². The van der Waals surface area contributed by atoms with Crippen LogP contribution in [0.5, 0.6) is 0 Å². The van der Waals surface area contributed by atoms with Crippen LogP contribution in [0.3, 0.4) is 0 Å². The molecule has 0 atom stereocenters. The van der Waals surface area contributed by atoms with Gasteiger partial charge in [-0.25, -0.2) is 4.98 Å². The Bertz CT molecular complexity index is 467. The molecule has 1 aromatic carbocycles. The standard InChI is InChI=1S/C10H6FNOS/c11-9-5-12-10(14-9)8-4-2-1-3-7(8)6-13/h1-6H. The average molecular weight is 207 g/mol. The second kappa shape index (κ2) is 3.67. The third kappa shape index (κ3) is 1.56. The van der Waals surface area contributed by atoms with E-state index in [1.54, 1.807) is 24.3 Å². The summed E-state index contributed by atoms with van der Waals surface area (Å²) in [6.07, 6.45) is 1.90. The summed E-state index contributed by atoms with van der Waals surface area (Å²) in [7, 11) is 0. The molecule has 0 fully saturated rings. The third-order valence-electron chi connectivity index (χ3n) is 1.80. The van der Waals surface area contributed by atoms with Crippen LogP contribution < -0.4 is 0 Å². The molecule has 0 unspecified atom stereocenters. The Labute approximate surface area is 84.0 Å². The third-order valence-corrected chi connectivity index (χ3v) is 2.61. The lowest BCUT2D eigenvalue weighted by molar-refractivity contribution is 0.112. The number of carbonyl (C=O) groups is 1. The number of halogens is 1. The highest BCUT2D eigenvalue weighted by atomic mass is 32.1. The molecule has 2 rings (SSSR count). The van der Waals surface area contributed by atoms with Gasteiger partial charge in [0.25, 0.3) is 0 Å². The minimum absolute atomic E-state index is 0.347. The zero-order chi connectivity index (χ0) is 9.97. The van der Waals surface area contributed by atoms with Crippen molar-refractivity contribution in [1.29, 1.82) is 0 Å². The first-order chi connectivity index (χ1) is 6.81. The molecule has 2 aromatic rings. The minimum atomic E-state index is -0.347. The smallest absolute Gasteiger partial charge is 0.196 e. The van der Waals surface area contributed by atoms with Crippen LogP contribution in [0, 0.1) is 5.13 Å². The van der Waals surface area contributed by atoms with Crippen molar-refractivity contribution in [3.05, 3.63) is 41.2 Å². The Hall–Kier alpha value is -1.55. The number of carbonyl (C=O) groups excluding carboxylic acids is 1. The van der Waals surface area contributed by atoms with E-state index in [1.165, 1.54) is 0 Å². The number of hydrogen-bond acceptors (Lipinski definition) is 3. The molecule has 0 saturated heterocycles. The molecule has 0 bridgehead atoms. The number of benzene rings is 1. The number of aromatic nitrogens is 1. The topological polar surface area (TPSA) is 30.0 Å². The first kappa shape index (κ1) is 9.02. The minimum Gasteiger partial charge on any atom is -0.298 e. The van der Waals surface area contributed by atoms with Crippen LogP contribution in [-0.2, 0) is 0 Å². The average Bonchev–Trinajstić information content (AvgIpc) is 2.65. The van der Waals surface area contributed by atoms with Crippen molar-refractivity contribution in [2.24, 2.45) is 0 Å². The van der Waals surface area contributed by atoms with Crippen LogP contribution in [-0.4, -0.2) is 11.3 Å². The fourth-order valence-corrected chi connectivity index (χ4v) is 1.86. The largest absolute Gasteiger partial charge is 0.298 e. The van der Waals surface area contributed by atoms with Crippen molar-refractivity contribution >= 4 is 17.6 Å². The lowest BCUT2D eigenvalue weighted by Gasteiger charge is -1.98. The maximum atomic E-state index is 12.7. The highest BCUT2D eigenvalue weighted by Crippen LogP contribution is 2.26. The first-order valence-corrected chi connectivity index (χ1v) is 4.79. The van der Waals surface area contributed by atoms with Crippen LogP contribution >= 0.6 is 11.3 Å². The number of rotatable bonds is 2. The van der Waals surface area contributed by atoms with E-state index in [4.69, 9.17) is 0 Å². The van der Waals surface area contributed by atoms with Gasteiger partial charge in [-0.2, -0.15) is 4.39 Å². The van der Waals surface area contributed by atoms with E-state index in [9.17, 15) is 9.18 Å². The Balaban J connectivity index is 2.55. The molecule has 4 heteroatoms.